The molecule has 1 N–H and O–H groups in total. The van der Waals surface area contributed by atoms with Crippen molar-refractivity contribution in [2.24, 2.45) is 0 Å². The lowest BCUT2D eigenvalue weighted by Gasteiger charge is -2.25. The first kappa shape index (κ1) is 15.7. The second-order valence-electron chi connectivity index (χ2n) is 5.05. The van der Waals surface area contributed by atoms with Crippen LogP contribution in [0, 0.1) is 0 Å². The van der Waals surface area contributed by atoms with Gasteiger partial charge in [-0.25, -0.2) is 0 Å². The predicted molar refractivity (Wildman–Crippen MR) is 77.3 cm³/mol. The zero-order valence-corrected chi connectivity index (χ0v) is 12.7. The molecule has 0 fully saturated rings. The van der Waals surface area contributed by atoms with Gasteiger partial charge in [-0.3, -0.25) is 0 Å². The standard InChI is InChI=1S/C12H27NS2/c1-7-11(9-14-6)13-10(2)8-15-12(3,4)5/h10-11,13H,7-9H2,1-6H3. The Hall–Kier alpha value is 0.660. The van der Waals surface area contributed by atoms with E-state index in [1.165, 1.54) is 17.9 Å². The van der Waals surface area contributed by atoms with Gasteiger partial charge in [0.25, 0.3) is 0 Å². The summed E-state index contributed by atoms with van der Waals surface area (Å²) in [6, 6.07) is 1.29. The van der Waals surface area contributed by atoms with Gasteiger partial charge in [0.15, 0.2) is 0 Å². The lowest BCUT2D eigenvalue weighted by Crippen LogP contribution is -2.39. The van der Waals surface area contributed by atoms with E-state index in [1.54, 1.807) is 0 Å². The first-order valence-corrected chi connectivity index (χ1v) is 8.16. The molecule has 0 saturated carbocycles. The van der Waals surface area contributed by atoms with Crippen LogP contribution in [0.15, 0.2) is 0 Å². The molecular weight excluding hydrogens is 222 g/mol. The molecule has 0 aliphatic heterocycles. The number of hydrogen-bond acceptors (Lipinski definition) is 3. The van der Waals surface area contributed by atoms with Crippen molar-refractivity contribution in [1.29, 1.82) is 0 Å². The van der Waals surface area contributed by atoms with Crippen molar-refractivity contribution in [1.82, 2.24) is 5.32 Å². The van der Waals surface area contributed by atoms with Gasteiger partial charge in [0.05, 0.1) is 0 Å². The number of nitrogens with one attached hydrogen (secondary N) is 1. The smallest absolute Gasteiger partial charge is 0.0158 e. The Morgan fingerprint density at radius 1 is 1.20 bits per heavy atom. The average Bonchev–Trinajstić information content (AvgIpc) is 2.13. The minimum Gasteiger partial charge on any atom is -0.310 e. The molecule has 2 unspecified atom stereocenters. The van der Waals surface area contributed by atoms with Gasteiger partial charge >= 0.3 is 0 Å². The van der Waals surface area contributed by atoms with Gasteiger partial charge in [-0.1, -0.05) is 27.7 Å². The van der Waals surface area contributed by atoms with Crippen LogP contribution in [-0.4, -0.2) is 34.6 Å². The van der Waals surface area contributed by atoms with E-state index in [0.29, 0.717) is 16.8 Å². The highest BCUT2D eigenvalue weighted by atomic mass is 32.2. The summed E-state index contributed by atoms with van der Waals surface area (Å²) in [5.74, 6) is 2.43. The SMILES string of the molecule is CCC(CSC)NC(C)CSC(C)(C)C. The lowest BCUT2D eigenvalue weighted by atomic mass is 10.2. The zero-order chi connectivity index (χ0) is 11.9. The molecule has 0 aromatic carbocycles. The van der Waals surface area contributed by atoms with Crippen molar-refractivity contribution in [2.45, 2.75) is 57.9 Å². The molecule has 0 aromatic rings. The number of rotatable bonds is 7. The third kappa shape index (κ3) is 9.58. The minimum atomic E-state index is 0.386. The molecule has 92 valence electrons. The van der Waals surface area contributed by atoms with Crippen molar-refractivity contribution in [3.8, 4) is 0 Å². The van der Waals surface area contributed by atoms with Gasteiger partial charge in [0.2, 0.25) is 0 Å². The maximum absolute atomic E-state index is 3.70. The summed E-state index contributed by atoms with van der Waals surface area (Å²) in [6.07, 6.45) is 3.41. The van der Waals surface area contributed by atoms with Gasteiger partial charge in [-0.2, -0.15) is 23.5 Å². The van der Waals surface area contributed by atoms with Gasteiger partial charge in [-0.15, -0.1) is 0 Å². The van der Waals surface area contributed by atoms with Crippen LogP contribution in [0.1, 0.15) is 41.0 Å². The van der Waals surface area contributed by atoms with Crippen LogP contribution in [0.3, 0.4) is 0 Å². The topological polar surface area (TPSA) is 12.0 Å². The van der Waals surface area contributed by atoms with Crippen LogP contribution in [0.5, 0.6) is 0 Å². The van der Waals surface area contributed by atoms with E-state index in [2.05, 4.69) is 46.2 Å². The first-order chi connectivity index (χ1) is 6.89. The summed E-state index contributed by atoms with van der Waals surface area (Å²) in [6.45, 7) is 11.4. The summed E-state index contributed by atoms with van der Waals surface area (Å²) >= 11 is 3.97. The van der Waals surface area contributed by atoms with Crippen LogP contribution >= 0.6 is 23.5 Å². The monoisotopic (exact) mass is 249 g/mol. The summed E-state index contributed by atoms with van der Waals surface area (Å²) in [5.41, 5.74) is 0. The fourth-order valence-electron chi connectivity index (χ4n) is 1.31. The van der Waals surface area contributed by atoms with Crippen LogP contribution in [-0.2, 0) is 0 Å². The Kier molecular flexibility index (Phi) is 8.20. The summed E-state index contributed by atoms with van der Waals surface area (Å²) in [4.78, 5) is 0. The Bertz CT molecular complexity index is 154. The fraction of sp³-hybridized carbons (Fsp3) is 1.00. The van der Waals surface area contributed by atoms with Gasteiger partial charge in [-0.05, 0) is 19.6 Å². The molecule has 0 saturated heterocycles. The van der Waals surface area contributed by atoms with Gasteiger partial charge in [0.1, 0.15) is 0 Å². The number of hydrogen-bond donors (Lipinski definition) is 1. The van der Waals surface area contributed by atoms with Gasteiger partial charge in [0, 0.05) is 28.3 Å². The highest BCUT2D eigenvalue weighted by Crippen LogP contribution is 2.23. The van der Waals surface area contributed by atoms with E-state index in [4.69, 9.17) is 0 Å². The Labute approximate surface area is 105 Å². The van der Waals surface area contributed by atoms with E-state index in [0.717, 1.165) is 0 Å². The van der Waals surface area contributed by atoms with Crippen molar-refractivity contribution in [3.63, 3.8) is 0 Å². The van der Waals surface area contributed by atoms with E-state index in [9.17, 15) is 0 Å². The Morgan fingerprint density at radius 3 is 2.20 bits per heavy atom. The molecule has 0 rings (SSSR count). The van der Waals surface area contributed by atoms with E-state index in [-0.39, 0.29) is 0 Å². The molecular formula is C12H27NS2. The Morgan fingerprint density at radius 2 is 1.80 bits per heavy atom. The molecule has 3 heteroatoms. The first-order valence-electron chi connectivity index (χ1n) is 5.78. The molecule has 15 heavy (non-hydrogen) atoms. The predicted octanol–water partition coefficient (Wildman–Crippen LogP) is 3.64. The van der Waals surface area contributed by atoms with Crippen molar-refractivity contribution in [3.05, 3.63) is 0 Å². The zero-order valence-electron chi connectivity index (χ0n) is 11.1. The highest BCUT2D eigenvalue weighted by Gasteiger charge is 2.14. The minimum absolute atomic E-state index is 0.386. The van der Waals surface area contributed by atoms with E-state index >= 15 is 0 Å². The molecule has 0 aromatic heterocycles. The number of thioether (sulfide) groups is 2. The molecule has 1 nitrogen and oxygen atoms in total. The average molecular weight is 249 g/mol. The van der Waals surface area contributed by atoms with Crippen molar-refractivity contribution >= 4 is 23.5 Å². The third-order valence-corrected chi connectivity index (χ3v) is 4.42. The fourth-order valence-corrected chi connectivity index (χ4v) is 2.89. The molecule has 0 spiro atoms. The second kappa shape index (κ2) is 7.86. The highest BCUT2D eigenvalue weighted by molar-refractivity contribution is 8.00. The van der Waals surface area contributed by atoms with Crippen LogP contribution in [0.25, 0.3) is 0 Å². The van der Waals surface area contributed by atoms with Gasteiger partial charge < -0.3 is 5.32 Å². The van der Waals surface area contributed by atoms with E-state index in [1.807, 2.05) is 23.5 Å². The summed E-state index contributed by atoms with van der Waals surface area (Å²) < 4.78 is 0.386. The Balaban J connectivity index is 3.75. The summed E-state index contributed by atoms with van der Waals surface area (Å²) in [7, 11) is 0. The quantitative estimate of drug-likeness (QED) is 0.740. The largest absolute Gasteiger partial charge is 0.310 e. The summed E-state index contributed by atoms with van der Waals surface area (Å²) in [5, 5.41) is 3.70. The third-order valence-electron chi connectivity index (χ3n) is 2.15. The van der Waals surface area contributed by atoms with Crippen molar-refractivity contribution < 1.29 is 0 Å². The van der Waals surface area contributed by atoms with E-state index < -0.39 is 0 Å². The molecule has 0 amide bonds. The van der Waals surface area contributed by atoms with Crippen molar-refractivity contribution in [2.75, 3.05) is 17.8 Å². The van der Waals surface area contributed by atoms with Crippen LogP contribution in [0.2, 0.25) is 0 Å². The second-order valence-corrected chi connectivity index (χ2v) is 7.81. The normalized spacial score (nSPS) is 16.4. The molecule has 0 bridgehead atoms. The molecule has 0 aliphatic carbocycles. The molecule has 2 atom stereocenters. The molecule has 0 radical (unpaired) electrons. The molecule has 0 aliphatic rings. The van der Waals surface area contributed by atoms with Crippen LogP contribution in [0.4, 0.5) is 0 Å². The van der Waals surface area contributed by atoms with Crippen LogP contribution < -0.4 is 5.32 Å². The molecule has 0 heterocycles. The maximum Gasteiger partial charge on any atom is 0.0158 e. The lowest BCUT2D eigenvalue weighted by molar-refractivity contribution is 0.488. The maximum atomic E-state index is 3.70.